The van der Waals surface area contributed by atoms with Gasteiger partial charge >= 0.3 is 0 Å². The molecule has 0 fully saturated rings. The average molecular weight is 361 g/mol. The molecular formula is C17H20N4OS2. The fourth-order valence-corrected chi connectivity index (χ4v) is 4.05. The van der Waals surface area contributed by atoms with Gasteiger partial charge < -0.3 is 5.32 Å². The van der Waals surface area contributed by atoms with Crippen molar-refractivity contribution >= 4 is 28.6 Å². The lowest BCUT2D eigenvalue weighted by molar-refractivity contribution is -0.122. The number of rotatable bonds is 7. The van der Waals surface area contributed by atoms with Crippen LogP contribution >= 0.6 is 22.7 Å². The maximum Gasteiger partial charge on any atom is 0.222 e. The summed E-state index contributed by atoms with van der Waals surface area (Å²) in [5.41, 5.74) is 2.06. The molecule has 0 bridgehead atoms. The maximum atomic E-state index is 12.4. The zero-order chi connectivity index (χ0) is 16.9. The van der Waals surface area contributed by atoms with Gasteiger partial charge in [0.25, 0.3) is 0 Å². The van der Waals surface area contributed by atoms with E-state index in [1.807, 2.05) is 36.0 Å². The van der Waals surface area contributed by atoms with Gasteiger partial charge in [0.2, 0.25) is 5.91 Å². The smallest absolute Gasteiger partial charge is 0.222 e. The minimum absolute atomic E-state index is 0.0271. The molecule has 1 amide bonds. The summed E-state index contributed by atoms with van der Waals surface area (Å²) in [6.45, 7) is 4.56. The second-order valence-electron chi connectivity index (χ2n) is 5.67. The normalized spacial score (nSPS) is 12.2. The van der Waals surface area contributed by atoms with E-state index in [4.69, 9.17) is 0 Å². The molecule has 1 atom stereocenters. The lowest BCUT2D eigenvalue weighted by atomic mass is 10.2. The predicted octanol–water partition coefficient (Wildman–Crippen LogP) is 3.51. The van der Waals surface area contributed by atoms with Crippen LogP contribution in [0.2, 0.25) is 0 Å². The molecule has 0 spiro atoms. The molecule has 1 N–H and O–H groups in total. The number of carbonyl (C=O) groups is 1. The van der Waals surface area contributed by atoms with Crippen LogP contribution in [0.1, 0.15) is 33.7 Å². The third kappa shape index (κ3) is 4.30. The van der Waals surface area contributed by atoms with Crippen LogP contribution in [0.4, 0.5) is 0 Å². The van der Waals surface area contributed by atoms with Crippen molar-refractivity contribution < 1.29 is 4.79 Å². The first-order chi connectivity index (χ1) is 11.6. The lowest BCUT2D eigenvalue weighted by Gasteiger charge is -2.16. The number of thiophene rings is 1. The predicted molar refractivity (Wildman–Crippen MR) is 97.3 cm³/mol. The molecule has 0 aliphatic heterocycles. The van der Waals surface area contributed by atoms with Gasteiger partial charge in [-0.15, -0.1) is 22.7 Å². The zero-order valence-corrected chi connectivity index (χ0v) is 15.4. The Kier molecular flexibility index (Phi) is 5.42. The van der Waals surface area contributed by atoms with Crippen LogP contribution in [0.15, 0.2) is 35.2 Å². The van der Waals surface area contributed by atoms with Crippen molar-refractivity contribution in [2.45, 2.75) is 39.3 Å². The van der Waals surface area contributed by atoms with E-state index < -0.39 is 0 Å². The number of nitrogens with zero attached hydrogens (tertiary/aromatic N) is 3. The van der Waals surface area contributed by atoms with Gasteiger partial charge in [0.1, 0.15) is 5.01 Å². The van der Waals surface area contributed by atoms with Gasteiger partial charge in [0.05, 0.1) is 11.7 Å². The van der Waals surface area contributed by atoms with Gasteiger partial charge in [-0.05, 0) is 31.4 Å². The molecule has 0 radical (unpaired) electrons. The summed E-state index contributed by atoms with van der Waals surface area (Å²) in [6, 6.07) is 6.07. The van der Waals surface area contributed by atoms with Crippen LogP contribution in [0.5, 0.6) is 0 Å². The Labute approximate surface area is 149 Å². The van der Waals surface area contributed by atoms with Gasteiger partial charge in [0, 0.05) is 41.5 Å². The number of amides is 1. The van der Waals surface area contributed by atoms with Crippen LogP contribution in [-0.4, -0.2) is 20.7 Å². The molecule has 24 heavy (non-hydrogen) atoms. The molecule has 3 aromatic rings. The Morgan fingerprint density at radius 1 is 1.33 bits per heavy atom. The van der Waals surface area contributed by atoms with Crippen LogP contribution in [-0.2, 0) is 17.8 Å². The van der Waals surface area contributed by atoms with Gasteiger partial charge in [-0.2, -0.15) is 5.10 Å². The molecular weight excluding hydrogens is 340 g/mol. The summed E-state index contributed by atoms with van der Waals surface area (Å²) in [5.74, 6) is 0.0271. The van der Waals surface area contributed by atoms with E-state index in [0.717, 1.165) is 22.8 Å². The first kappa shape index (κ1) is 16.9. The third-order valence-corrected chi connectivity index (χ3v) is 5.51. The van der Waals surface area contributed by atoms with Crippen molar-refractivity contribution in [2.75, 3.05) is 0 Å². The summed E-state index contributed by atoms with van der Waals surface area (Å²) in [6.07, 6.45) is 2.97. The van der Waals surface area contributed by atoms with E-state index in [1.165, 1.54) is 4.88 Å². The first-order valence-electron chi connectivity index (χ1n) is 7.84. The highest BCUT2D eigenvalue weighted by Gasteiger charge is 2.18. The van der Waals surface area contributed by atoms with E-state index in [-0.39, 0.29) is 11.9 Å². The SMILES string of the molecule is Cc1cc(C)n(CCC(=O)N[C@@H](Cc2cccs2)c2nccs2)n1. The molecule has 0 saturated heterocycles. The van der Waals surface area contributed by atoms with Crippen molar-refractivity contribution in [3.05, 3.63) is 56.4 Å². The molecule has 0 saturated carbocycles. The Hall–Kier alpha value is -1.99. The molecule has 0 aromatic carbocycles. The molecule has 3 heterocycles. The molecule has 0 unspecified atom stereocenters. The lowest BCUT2D eigenvalue weighted by Crippen LogP contribution is -2.30. The van der Waals surface area contributed by atoms with E-state index in [0.29, 0.717) is 13.0 Å². The minimum atomic E-state index is -0.0726. The van der Waals surface area contributed by atoms with Gasteiger partial charge in [0.15, 0.2) is 0 Å². The van der Waals surface area contributed by atoms with Crippen molar-refractivity contribution in [1.29, 1.82) is 0 Å². The Bertz CT molecular complexity index is 778. The number of thiazole rings is 1. The highest BCUT2D eigenvalue weighted by atomic mass is 32.1. The van der Waals surface area contributed by atoms with Gasteiger partial charge in [-0.25, -0.2) is 4.98 Å². The monoisotopic (exact) mass is 360 g/mol. The molecule has 0 aliphatic carbocycles. The number of aryl methyl sites for hydroxylation is 3. The number of nitrogens with one attached hydrogen (secondary N) is 1. The summed E-state index contributed by atoms with van der Waals surface area (Å²) in [4.78, 5) is 18.0. The molecule has 0 aliphatic rings. The molecule has 3 rings (SSSR count). The second kappa shape index (κ2) is 7.72. The summed E-state index contributed by atoms with van der Waals surface area (Å²) in [7, 11) is 0. The third-order valence-electron chi connectivity index (χ3n) is 3.72. The fourth-order valence-electron chi connectivity index (χ4n) is 2.61. The minimum Gasteiger partial charge on any atom is -0.346 e. The molecule has 3 aromatic heterocycles. The average Bonchev–Trinajstić information content (AvgIpc) is 3.27. The highest BCUT2D eigenvalue weighted by Crippen LogP contribution is 2.23. The second-order valence-corrected chi connectivity index (χ2v) is 7.63. The Balaban J connectivity index is 1.61. The quantitative estimate of drug-likeness (QED) is 0.701. The standard InChI is InChI=1S/C17H20N4OS2/c1-12-10-13(2)21(20-12)7-5-16(22)19-15(17-18-6-9-24-17)11-14-4-3-8-23-14/h3-4,6,8-10,15H,5,7,11H2,1-2H3,(H,19,22)/t15-/m0/s1. The summed E-state index contributed by atoms with van der Waals surface area (Å²) in [5, 5.41) is 12.5. The molecule has 126 valence electrons. The number of hydrogen-bond acceptors (Lipinski definition) is 5. The maximum absolute atomic E-state index is 12.4. The zero-order valence-electron chi connectivity index (χ0n) is 13.7. The number of carbonyl (C=O) groups excluding carboxylic acids is 1. The Morgan fingerprint density at radius 3 is 2.83 bits per heavy atom. The van der Waals surface area contributed by atoms with Crippen LogP contribution in [0.25, 0.3) is 0 Å². The topological polar surface area (TPSA) is 59.8 Å². The van der Waals surface area contributed by atoms with E-state index in [9.17, 15) is 4.79 Å². The largest absolute Gasteiger partial charge is 0.346 e. The summed E-state index contributed by atoms with van der Waals surface area (Å²) >= 11 is 3.28. The molecule has 5 nitrogen and oxygen atoms in total. The van der Waals surface area contributed by atoms with E-state index in [2.05, 4.69) is 26.8 Å². The van der Waals surface area contributed by atoms with Crippen molar-refractivity contribution in [3.63, 3.8) is 0 Å². The number of hydrogen-bond donors (Lipinski definition) is 1. The van der Waals surface area contributed by atoms with Crippen LogP contribution < -0.4 is 5.32 Å². The Morgan fingerprint density at radius 2 is 2.21 bits per heavy atom. The van der Waals surface area contributed by atoms with Crippen LogP contribution in [0, 0.1) is 13.8 Å². The van der Waals surface area contributed by atoms with E-state index >= 15 is 0 Å². The molecule has 7 heteroatoms. The fraction of sp³-hybridized carbons (Fsp3) is 0.353. The van der Waals surface area contributed by atoms with Crippen molar-refractivity contribution in [3.8, 4) is 0 Å². The first-order valence-corrected chi connectivity index (χ1v) is 9.60. The summed E-state index contributed by atoms with van der Waals surface area (Å²) < 4.78 is 1.88. The van der Waals surface area contributed by atoms with Crippen LogP contribution in [0.3, 0.4) is 0 Å². The van der Waals surface area contributed by atoms with Crippen molar-refractivity contribution in [2.24, 2.45) is 0 Å². The van der Waals surface area contributed by atoms with Crippen molar-refractivity contribution in [1.82, 2.24) is 20.1 Å². The van der Waals surface area contributed by atoms with Gasteiger partial charge in [-0.1, -0.05) is 6.07 Å². The van der Waals surface area contributed by atoms with E-state index in [1.54, 1.807) is 28.9 Å². The van der Waals surface area contributed by atoms with Gasteiger partial charge in [-0.3, -0.25) is 9.48 Å². The highest BCUT2D eigenvalue weighted by molar-refractivity contribution is 7.10. The number of aromatic nitrogens is 3.